The van der Waals surface area contributed by atoms with Crippen molar-refractivity contribution in [3.63, 3.8) is 0 Å². The molecule has 1 heterocycles. The Morgan fingerprint density at radius 2 is 1.85 bits per heavy atom. The predicted molar refractivity (Wildman–Crippen MR) is 80.8 cm³/mol. The molecule has 2 atom stereocenters. The number of benzene rings is 1. The summed E-state index contributed by atoms with van der Waals surface area (Å²) in [4.78, 5) is 13.5. The molecule has 1 aliphatic heterocycles. The Hall–Kier alpha value is -1.35. The lowest BCUT2D eigenvalue weighted by Crippen LogP contribution is -2.42. The Labute approximate surface area is 121 Å². The van der Waals surface area contributed by atoms with Crippen molar-refractivity contribution in [1.29, 1.82) is 0 Å². The monoisotopic (exact) mass is 275 g/mol. The molecule has 1 N–H and O–H groups in total. The van der Waals surface area contributed by atoms with Crippen LogP contribution >= 0.6 is 0 Å². The lowest BCUT2D eigenvalue weighted by Gasteiger charge is -2.35. The molecule has 20 heavy (non-hydrogen) atoms. The van der Waals surface area contributed by atoms with E-state index in [0.29, 0.717) is 12.5 Å². The maximum atomic E-state index is 11.2. The van der Waals surface area contributed by atoms with Gasteiger partial charge >= 0.3 is 5.97 Å². The zero-order valence-electron chi connectivity index (χ0n) is 12.9. The summed E-state index contributed by atoms with van der Waals surface area (Å²) in [5.41, 5.74) is 5.26. The molecule has 1 aliphatic rings. The number of carboxylic acid groups (broad SMARTS) is 1. The first-order valence-corrected chi connectivity index (χ1v) is 7.38. The van der Waals surface area contributed by atoms with E-state index in [0.717, 1.165) is 19.5 Å². The SMILES string of the molecule is Cc1cc(C)c(CN2CC(C)CC(C(=O)O)C2)cc1C. The molecule has 0 radical (unpaired) electrons. The summed E-state index contributed by atoms with van der Waals surface area (Å²) in [6, 6.07) is 4.48. The average molecular weight is 275 g/mol. The number of carboxylic acids is 1. The maximum Gasteiger partial charge on any atom is 0.307 e. The van der Waals surface area contributed by atoms with Crippen molar-refractivity contribution in [2.24, 2.45) is 11.8 Å². The minimum Gasteiger partial charge on any atom is -0.481 e. The van der Waals surface area contributed by atoms with Crippen LogP contribution in [0.1, 0.15) is 35.6 Å². The van der Waals surface area contributed by atoms with Crippen LogP contribution in [0.3, 0.4) is 0 Å². The van der Waals surface area contributed by atoms with Crippen LogP contribution in [0.2, 0.25) is 0 Å². The van der Waals surface area contributed by atoms with Crippen LogP contribution in [-0.2, 0) is 11.3 Å². The van der Waals surface area contributed by atoms with Gasteiger partial charge in [0.15, 0.2) is 0 Å². The second kappa shape index (κ2) is 5.96. The Kier molecular flexibility index (Phi) is 4.48. The number of rotatable bonds is 3. The molecule has 0 saturated carbocycles. The molecule has 0 aliphatic carbocycles. The summed E-state index contributed by atoms with van der Waals surface area (Å²) in [6.07, 6.45) is 0.803. The van der Waals surface area contributed by atoms with E-state index in [4.69, 9.17) is 0 Å². The third kappa shape index (κ3) is 3.40. The van der Waals surface area contributed by atoms with Gasteiger partial charge in [-0.15, -0.1) is 0 Å². The summed E-state index contributed by atoms with van der Waals surface area (Å²) in [5.74, 6) is -0.416. The molecule has 0 bridgehead atoms. The van der Waals surface area contributed by atoms with Gasteiger partial charge in [0.25, 0.3) is 0 Å². The fourth-order valence-corrected chi connectivity index (χ4v) is 3.20. The molecule has 1 fully saturated rings. The number of likely N-dealkylation sites (tertiary alicyclic amines) is 1. The Bertz CT molecular complexity index is 510. The van der Waals surface area contributed by atoms with Crippen LogP contribution in [0, 0.1) is 32.6 Å². The van der Waals surface area contributed by atoms with E-state index >= 15 is 0 Å². The average Bonchev–Trinajstić information content (AvgIpc) is 2.35. The van der Waals surface area contributed by atoms with Gasteiger partial charge in [-0.3, -0.25) is 9.69 Å². The second-order valence-corrected chi connectivity index (χ2v) is 6.43. The van der Waals surface area contributed by atoms with Gasteiger partial charge in [0, 0.05) is 19.6 Å². The topological polar surface area (TPSA) is 40.5 Å². The fraction of sp³-hybridized carbons (Fsp3) is 0.588. The highest BCUT2D eigenvalue weighted by Gasteiger charge is 2.29. The van der Waals surface area contributed by atoms with E-state index < -0.39 is 5.97 Å². The minimum atomic E-state index is -0.654. The van der Waals surface area contributed by atoms with E-state index in [1.807, 2.05) is 0 Å². The molecule has 0 amide bonds. The molecule has 2 rings (SSSR count). The molecule has 3 nitrogen and oxygen atoms in total. The molecular weight excluding hydrogens is 250 g/mol. The first-order valence-electron chi connectivity index (χ1n) is 7.38. The van der Waals surface area contributed by atoms with Crippen LogP contribution in [0.15, 0.2) is 12.1 Å². The third-order valence-corrected chi connectivity index (χ3v) is 4.43. The van der Waals surface area contributed by atoms with E-state index in [1.165, 1.54) is 22.3 Å². The normalized spacial score (nSPS) is 23.8. The van der Waals surface area contributed by atoms with Gasteiger partial charge in [-0.1, -0.05) is 19.1 Å². The summed E-state index contributed by atoms with van der Waals surface area (Å²) in [5, 5.41) is 9.25. The highest BCUT2D eigenvalue weighted by atomic mass is 16.4. The predicted octanol–water partition coefficient (Wildman–Crippen LogP) is 3.15. The zero-order valence-corrected chi connectivity index (χ0v) is 12.9. The van der Waals surface area contributed by atoms with Gasteiger partial charge in [0.1, 0.15) is 0 Å². The van der Waals surface area contributed by atoms with Gasteiger partial charge in [-0.2, -0.15) is 0 Å². The summed E-state index contributed by atoms with van der Waals surface area (Å²) in [6.45, 7) is 11.1. The number of aliphatic carboxylic acids is 1. The number of carbonyl (C=O) groups is 1. The summed E-state index contributed by atoms with van der Waals surface area (Å²) < 4.78 is 0. The third-order valence-electron chi connectivity index (χ3n) is 4.43. The van der Waals surface area contributed by atoms with E-state index in [2.05, 4.69) is 44.7 Å². The smallest absolute Gasteiger partial charge is 0.307 e. The highest BCUT2D eigenvalue weighted by Crippen LogP contribution is 2.25. The Morgan fingerprint density at radius 1 is 1.20 bits per heavy atom. The van der Waals surface area contributed by atoms with Crippen LogP contribution in [0.25, 0.3) is 0 Å². The van der Waals surface area contributed by atoms with Crippen molar-refractivity contribution in [2.45, 2.75) is 40.7 Å². The quantitative estimate of drug-likeness (QED) is 0.921. The molecule has 110 valence electrons. The molecule has 1 aromatic carbocycles. The van der Waals surface area contributed by atoms with Gasteiger partial charge in [-0.25, -0.2) is 0 Å². The first-order chi connectivity index (χ1) is 9.36. The Morgan fingerprint density at radius 3 is 2.50 bits per heavy atom. The van der Waals surface area contributed by atoms with E-state index in [9.17, 15) is 9.90 Å². The second-order valence-electron chi connectivity index (χ2n) is 6.43. The van der Waals surface area contributed by atoms with Gasteiger partial charge in [0.05, 0.1) is 5.92 Å². The Balaban J connectivity index is 2.13. The summed E-state index contributed by atoms with van der Waals surface area (Å²) in [7, 11) is 0. The largest absolute Gasteiger partial charge is 0.481 e. The molecule has 2 unspecified atom stereocenters. The van der Waals surface area contributed by atoms with Crippen molar-refractivity contribution in [2.75, 3.05) is 13.1 Å². The highest BCUT2D eigenvalue weighted by molar-refractivity contribution is 5.70. The van der Waals surface area contributed by atoms with Gasteiger partial charge in [0.2, 0.25) is 0 Å². The van der Waals surface area contributed by atoms with Crippen LogP contribution in [-0.4, -0.2) is 29.1 Å². The van der Waals surface area contributed by atoms with Gasteiger partial charge in [-0.05, 0) is 55.4 Å². The van der Waals surface area contributed by atoms with Crippen molar-refractivity contribution < 1.29 is 9.90 Å². The van der Waals surface area contributed by atoms with Gasteiger partial charge < -0.3 is 5.11 Å². The number of hydrogen-bond donors (Lipinski definition) is 1. The summed E-state index contributed by atoms with van der Waals surface area (Å²) >= 11 is 0. The first kappa shape index (κ1) is 15.0. The molecule has 0 aromatic heterocycles. The van der Waals surface area contributed by atoms with Crippen molar-refractivity contribution >= 4 is 5.97 Å². The standard InChI is InChI=1S/C17H25NO2/c1-11-5-16(17(19)20)10-18(8-11)9-15-7-13(3)12(2)6-14(15)4/h6-7,11,16H,5,8-10H2,1-4H3,(H,19,20). The van der Waals surface area contributed by atoms with Crippen molar-refractivity contribution in [3.8, 4) is 0 Å². The molecule has 0 spiro atoms. The lowest BCUT2D eigenvalue weighted by molar-refractivity contribution is -0.144. The minimum absolute atomic E-state index is 0.217. The fourth-order valence-electron chi connectivity index (χ4n) is 3.20. The number of nitrogens with zero attached hydrogens (tertiary/aromatic N) is 1. The molecule has 1 saturated heterocycles. The van der Waals surface area contributed by atoms with E-state index in [1.54, 1.807) is 0 Å². The number of hydrogen-bond acceptors (Lipinski definition) is 2. The van der Waals surface area contributed by atoms with Crippen LogP contribution < -0.4 is 0 Å². The number of aryl methyl sites for hydroxylation is 3. The lowest BCUT2D eigenvalue weighted by atomic mass is 9.90. The van der Waals surface area contributed by atoms with Crippen LogP contribution in [0.4, 0.5) is 0 Å². The molecule has 3 heteroatoms. The molecule has 1 aromatic rings. The van der Waals surface area contributed by atoms with E-state index in [-0.39, 0.29) is 5.92 Å². The van der Waals surface area contributed by atoms with Crippen molar-refractivity contribution in [3.05, 3.63) is 34.4 Å². The zero-order chi connectivity index (χ0) is 14.9. The van der Waals surface area contributed by atoms with Crippen LogP contribution in [0.5, 0.6) is 0 Å². The molecular formula is C17H25NO2. The van der Waals surface area contributed by atoms with Crippen molar-refractivity contribution in [1.82, 2.24) is 4.90 Å². The maximum absolute atomic E-state index is 11.2. The number of piperidine rings is 1.